The summed E-state index contributed by atoms with van der Waals surface area (Å²) in [6.45, 7) is 2.81. The summed E-state index contributed by atoms with van der Waals surface area (Å²) in [5.41, 5.74) is 5.54. The molecule has 27 heavy (non-hydrogen) atoms. The fourth-order valence-electron chi connectivity index (χ4n) is 2.42. The molecule has 4 N–H and O–H groups in total. The number of nitrogens with zero attached hydrogens (tertiary/aromatic N) is 1. The van der Waals surface area contributed by atoms with Crippen LogP contribution in [0, 0.1) is 11.3 Å². The summed E-state index contributed by atoms with van der Waals surface area (Å²) in [4.78, 5) is 12.3. The molecule has 2 rings (SSSR count). The third-order valence-corrected chi connectivity index (χ3v) is 3.86. The van der Waals surface area contributed by atoms with E-state index in [4.69, 9.17) is 11.0 Å². The molecule has 0 radical (unpaired) electrons. The van der Waals surface area contributed by atoms with Crippen LogP contribution < -0.4 is 16.4 Å². The quantitative estimate of drug-likeness (QED) is 0.507. The third-order valence-electron chi connectivity index (χ3n) is 3.86. The zero-order valence-electron chi connectivity index (χ0n) is 14.7. The van der Waals surface area contributed by atoms with Gasteiger partial charge in [-0.15, -0.1) is 0 Å². The minimum absolute atomic E-state index is 0.0601. The lowest BCUT2D eigenvalue weighted by Gasteiger charge is -2.13. The number of carbonyl (C=O) groups is 1. The van der Waals surface area contributed by atoms with Crippen molar-refractivity contribution in [1.82, 2.24) is 0 Å². The minimum atomic E-state index is -4.69. The first kappa shape index (κ1) is 20.1. The number of halogens is 3. The van der Waals surface area contributed by atoms with Gasteiger partial charge in [0.15, 0.2) is 0 Å². The highest BCUT2D eigenvalue weighted by Gasteiger charge is 2.34. The molecule has 0 aromatic heterocycles. The molecule has 0 bridgehead atoms. The molecule has 0 aliphatic heterocycles. The number of nitriles is 1. The monoisotopic (exact) mass is 376 g/mol. The van der Waals surface area contributed by atoms with Gasteiger partial charge in [-0.1, -0.05) is 13.3 Å². The molecule has 0 saturated carbocycles. The molecule has 2 aromatic carbocycles. The molecule has 142 valence electrons. The number of anilines is 3. The summed E-state index contributed by atoms with van der Waals surface area (Å²) in [5, 5.41) is 14.4. The zero-order chi connectivity index (χ0) is 20.0. The van der Waals surface area contributed by atoms with Gasteiger partial charge in [-0.05, 0) is 42.8 Å². The predicted molar refractivity (Wildman–Crippen MR) is 98.4 cm³/mol. The van der Waals surface area contributed by atoms with E-state index in [-0.39, 0.29) is 11.3 Å². The van der Waals surface area contributed by atoms with Crippen molar-refractivity contribution in [1.29, 1.82) is 5.26 Å². The van der Waals surface area contributed by atoms with Crippen LogP contribution in [0.2, 0.25) is 0 Å². The van der Waals surface area contributed by atoms with Crippen LogP contribution in [0.1, 0.15) is 41.3 Å². The van der Waals surface area contributed by atoms with Crippen LogP contribution in [0.25, 0.3) is 0 Å². The summed E-state index contributed by atoms with van der Waals surface area (Å²) in [6.07, 6.45) is -2.69. The highest BCUT2D eigenvalue weighted by molar-refractivity contribution is 6.05. The molecule has 0 saturated heterocycles. The standard InChI is InChI=1S/C19H19F3N4O/c1-2-3-8-25-17-7-5-12(9-16(17)24)18(27)26-14-6-4-13(11-23)15(10-14)19(20,21)22/h4-7,9-10,25H,2-3,8,24H2,1H3,(H,26,27). The maximum Gasteiger partial charge on any atom is 0.417 e. The molecule has 0 unspecified atom stereocenters. The molecular weight excluding hydrogens is 357 g/mol. The summed E-state index contributed by atoms with van der Waals surface area (Å²) in [6, 6.07) is 9.14. The number of carbonyl (C=O) groups excluding carboxylic acids is 1. The van der Waals surface area contributed by atoms with Gasteiger partial charge in [0.05, 0.1) is 28.6 Å². The van der Waals surface area contributed by atoms with E-state index in [0.717, 1.165) is 31.5 Å². The number of hydrogen-bond donors (Lipinski definition) is 3. The molecule has 0 spiro atoms. The minimum Gasteiger partial charge on any atom is -0.397 e. The fraction of sp³-hybridized carbons (Fsp3) is 0.263. The predicted octanol–water partition coefficient (Wildman–Crippen LogP) is 4.62. The molecule has 0 aliphatic carbocycles. The maximum absolute atomic E-state index is 13.0. The van der Waals surface area contributed by atoms with Gasteiger partial charge >= 0.3 is 6.18 Å². The van der Waals surface area contributed by atoms with Crippen molar-refractivity contribution in [2.75, 3.05) is 22.9 Å². The number of rotatable bonds is 6. The molecule has 0 heterocycles. The van der Waals surface area contributed by atoms with Crippen molar-refractivity contribution >= 4 is 23.0 Å². The van der Waals surface area contributed by atoms with Crippen LogP contribution in [0.15, 0.2) is 36.4 Å². The molecule has 0 atom stereocenters. The largest absolute Gasteiger partial charge is 0.417 e. The summed E-state index contributed by atoms with van der Waals surface area (Å²) in [7, 11) is 0. The second-order valence-corrected chi connectivity index (χ2v) is 5.91. The van der Waals surface area contributed by atoms with E-state index >= 15 is 0 Å². The molecular formula is C19H19F3N4O. The lowest BCUT2D eigenvalue weighted by Crippen LogP contribution is -2.15. The van der Waals surface area contributed by atoms with Gasteiger partial charge in [-0.3, -0.25) is 4.79 Å². The Morgan fingerprint density at radius 1 is 1.22 bits per heavy atom. The zero-order valence-corrected chi connectivity index (χ0v) is 14.7. The van der Waals surface area contributed by atoms with Crippen molar-refractivity contribution in [2.24, 2.45) is 0 Å². The average Bonchev–Trinajstić information content (AvgIpc) is 2.62. The van der Waals surface area contributed by atoms with Crippen molar-refractivity contribution < 1.29 is 18.0 Å². The molecule has 8 heteroatoms. The SMILES string of the molecule is CCCCNc1ccc(C(=O)Nc2ccc(C#N)c(C(F)(F)F)c2)cc1N. The molecule has 5 nitrogen and oxygen atoms in total. The van der Waals surface area contributed by atoms with Gasteiger partial charge < -0.3 is 16.4 Å². The van der Waals surface area contributed by atoms with E-state index in [9.17, 15) is 18.0 Å². The molecule has 0 fully saturated rings. The molecule has 2 aromatic rings. The van der Waals surface area contributed by atoms with Crippen LogP contribution in [-0.2, 0) is 6.18 Å². The Hall–Kier alpha value is -3.21. The van der Waals surface area contributed by atoms with Gasteiger partial charge in [0.2, 0.25) is 0 Å². The number of unbranched alkanes of at least 4 members (excludes halogenated alkanes) is 1. The van der Waals surface area contributed by atoms with Gasteiger partial charge in [0.25, 0.3) is 5.91 Å². The van der Waals surface area contributed by atoms with Gasteiger partial charge in [-0.25, -0.2) is 0 Å². The molecule has 0 aliphatic rings. The lowest BCUT2D eigenvalue weighted by molar-refractivity contribution is -0.137. The average molecular weight is 376 g/mol. The number of benzene rings is 2. The van der Waals surface area contributed by atoms with E-state index in [1.54, 1.807) is 6.07 Å². The third kappa shape index (κ3) is 5.14. The molecule has 1 amide bonds. The number of nitrogens with one attached hydrogen (secondary N) is 2. The van der Waals surface area contributed by atoms with Gasteiger partial charge in [0.1, 0.15) is 0 Å². The van der Waals surface area contributed by atoms with Crippen LogP contribution in [0.3, 0.4) is 0 Å². The van der Waals surface area contributed by atoms with Gasteiger partial charge in [-0.2, -0.15) is 18.4 Å². The number of hydrogen-bond acceptors (Lipinski definition) is 4. The van der Waals surface area contributed by atoms with Crippen LogP contribution in [0.5, 0.6) is 0 Å². The number of nitrogens with two attached hydrogens (primary N) is 1. The van der Waals surface area contributed by atoms with Crippen molar-refractivity contribution in [3.8, 4) is 6.07 Å². The Kier molecular flexibility index (Phi) is 6.29. The summed E-state index contributed by atoms with van der Waals surface area (Å²) >= 11 is 0. The van der Waals surface area contributed by atoms with Crippen molar-refractivity contribution in [3.05, 3.63) is 53.1 Å². The lowest BCUT2D eigenvalue weighted by atomic mass is 10.1. The van der Waals surface area contributed by atoms with E-state index in [0.29, 0.717) is 11.4 Å². The Labute approximate surface area is 155 Å². The smallest absolute Gasteiger partial charge is 0.397 e. The first-order valence-electron chi connectivity index (χ1n) is 8.32. The van der Waals surface area contributed by atoms with Crippen LogP contribution >= 0.6 is 0 Å². The normalized spacial score (nSPS) is 10.9. The number of alkyl halides is 3. The summed E-state index contributed by atoms with van der Waals surface area (Å²) < 4.78 is 39.0. The van der Waals surface area contributed by atoms with Crippen molar-refractivity contribution in [2.45, 2.75) is 25.9 Å². The Bertz CT molecular complexity index is 872. The van der Waals surface area contributed by atoms with E-state index in [1.807, 2.05) is 0 Å². The Balaban J connectivity index is 2.18. The number of nitrogen functional groups attached to an aromatic ring is 1. The van der Waals surface area contributed by atoms with E-state index in [2.05, 4.69) is 17.6 Å². The fourth-order valence-corrected chi connectivity index (χ4v) is 2.42. The second-order valence-electron chi connectivity index (χ2n) is 5.91. The van der Waals surface area contributed by atoms with Crippen molar-refractivity contribution in [3.63, 3.8) is 0 Å². The maximum atomic E-state index is 13.0. The summed E-state index contributed by atoms with van der Waals surface area (Å²) in [5.74, 6) is -0.598. The first-order valence-corrected chi connectivity index (χ1v) is 8.32. The van der Waals surface area contributed by atoms with Crippen LogP contribution in [0.4, 0.5) is 30.2 Å². The Morgan fingerprint density at radius 3 is 2.56 bits per heavy atom. The first-order chi connectivity index (χ1) is 12.8. The topological polar surface area (TPSA) is 90.9 Å². The van der Waals surface area contributed by atoms with Gasteiger partial charge in [0, 0.05) is 17.8 Å². The van der Waals surface area contributed by atoms with E-state index < -0.39 is 23.2 Å². The second kappa shape index (κ2) is 8.45. The highest BCUT2D eigenvalue weighted by Crippen LogP contribution is 2.33. The van der Waals surface area contributed by atoms with E-state index in [1.165, 1.54) is 24.3 Å². The van der Waals surface area contributed by atoms with Crippen LogP contribution in [-0.4, -0.2) is 12.5 Å². The number of amides is 1. The Morgan fingerprint density at radius 2 is 1.96 bits per heavy atom. The highest BCUT2D eigenvalue weighted by atomic mass is 19.4.